The van der Waals surface area contributed by atoms with Gasteiger partial charge in [-0.05, 0) is 36.4 Å². The van der Waals surface area contributed by atoms with Crippen molar-refractivity contribution < 1.29 is 19.1 Å². The van der Waals surface area contributed by atoms with Crippen molar-refractivity contribution in [3.63, 3.8) is 0 Å². The Hall–Kier alpha value is -3.13. The number of ether oxygens (including phenoxy) is 1. The largest absolute Gasteiger partial charge is 0.488 e. The van der Waals surface area contributed by atoms with Crippen molar-refractivity contribution in [1.82, 2.24) is 5.32 Å². The van der Waals surface area contributed by atoms with E-state index in [9.17, 15) is 14.4 Å². The van der Waals surface area contributed by atoms with Crippen LogP contribution in [-0.2, 0) is 16.2 Å². The number of nitrogens with zero attached hydrogens (tertiary/aromatic N) is 1. The van der Waals surface area contributed by atoms with Crippen molar-refractivity contribution in [2.45, 2.75) is 6.61 Å². The number of nitrogens with one attached hydrogen (secondary N) is 1. The Bertz CT molecular complexity index is 1310. The molecule has 1 N–H and O–H groups in total. The van der Waals surface area contributed by atoms with E-state index in [1.165, 1.54) is 24.3 Å². The average molecular weight is 546 g/mol. The third-order valence-electron chi connectivity index (χ3n) is 4.82. The predicted octanol–water partition coefficient (Wildman–Crippen LogP) is 6.00. The minimum absolute atomic E-state index is 0.169. The first-order valence-electron chi connectivity index (χ1n) is 9.67. The van der Waals surface area contributed by atoms with Gasteiger partial charge in [-0.15, -0.1) is 0 Å². The van der Waals surface area contributed by atoms with E-state index in [1.807, 2.05) is 24.3 Å². The predicted molar refractivity (Wildman–Crippen MR) is 130 cm³/mol. The molecule has 4 amide bonds. The number of halogens is 3. The Morgan fingerprint density at radius 1 is 0.939 bits per heavy atom. The summed E-state index contributed by atoms with van der Waals surface area (Å²) in [7, 11) is 0. The van der Waals surface area contributed by atoms with Crippen LogP contribution >= 0.6 is 39.1 Å². The molecule has 0 aliphatic carbocycles. The molecule has 0 saturated carbocycles. The van der Waals surface area contributed by atoms with Gasteiger partial charge in [0.15, 0.2) is 0 Å². The van der Waals surface area contributed by atoms with Crippen molar-refractivity contribution in [2.24, 2.45) is 0 Å². The summed E-state index contributed by atoms with van der Waals surface area (Å²) in [6.45, 7) is 0.273. The maximum atomic E-state index is 13.1. The molecule has 0 spiro atoms. The van der Waals surface area contributed by atoms with Crippen LogP contribution in [0.3, 0.4) is 0 Å². The van der Waals surface area contributed by atoms with Crippen LogP contribution in [0, 0.1) is 0 Å². The van der Waals surface area contributed by atoms with Gasteiger partial charge < -0.3 is 4.74 Å². The Morgan fingerprint density at radius 3 is 2.42 bits per heavy atom. The molecular formula is C24H15BrCl2N2O4. The maximum absolute atomic E-state index is 13.1. The Balaban J connectivity index is 1.66. The number of amides is 4. The van der Waals surface area contributed by atoms with E-state index < -0.39 is 17.8 Å². The molecule has 9 heteroatoms. The molecule has 166 valence electrons. The van der Waals surface area contributed by atoms with Crippen LogP contribution in [0.25, 0.3) is 6.08 Å². The molecule has 3 aromatic rings. The number of para-hydroxylation sites is 1. The molecule has 1 aliphatic rings. The number of hydrogen-bond acceptors (Lipinski definition) is 4. The van der Waals surface area contributed by atoms with Gasteiger partial charge in [-0.2, -0.15) is 0 Å². The summed E-state index contributed by atoms with van der Waals surface area (Å²) in [6.07, 6.45) is 1.39. The van der Waals surface area contributed by atoms with Crippen molar-refractivity contribution in [1.29, 1.82) is 0 Å². The fourth-order valence-corrected chi connectivity index (χ4v) is 3.87. The normalized spacial score (nSPS) is 15.1. The van der Waals surface area contributed by atoms with Crippen LogP contribution in [0.2, 0.25) is 10.0 Å². The van der Waals surface area contributed by atoms with Gasteiger partial charge in [-0.1, -0.05) is 75.5 Å². The highest BCUT2D eigenvalue weighted by atomic mass is 79.9. The minimum atomic E-state index is -0.876. The van der Waals surface area contributed by atoms with Gasteiger partial charge in [0.25, 0.3) is 11.8 Å². The Labute approximate surface area is 207 Å². The van der Waals surface area contributed by atoms with Crippen LogP contribution in [-0.4, -0.2) is 17.8 Å². The van der Waals surface area contributed by atoms with Gasteiger partial charge in [0.2, 0.25) is 0 Å². The number of imide groups is 2. The molecule has 1 saturated heterocycles. The van der Waals surface area contributed by atoms with Crippen molar-refractivity contribution in [3.8, 4) is 5.75 Å². The van der Waals surface area contributed by atoms with Gasteiger partial charge in [0, 0.05) is 15.6 Å². The zero-order valence-corrected chi connectivity index (χ0v) is 19.9. The van der Waals surface area contributed by atoms with Crippen LogP contribution in [0.15, 0.2) is 76.8 Å². The lowest BCUT2D eigenvalue weighted by atomic mass is 10.1. The summed E-state index contributed by atoms with van der Waals surface area (Å²) in [5.74, 6) is -1.12. The van der Waals surface area contributed by atoms with Gasteiger partial charge in [-0.25, -0.2) is 9.69 Å². The number of carbonyl (C=O) groups excluding carboxylic acids is 3. The molecule has 1 aliphatic heterocycles. The number of rotatable bonds is 5. The van der Waals surface area contributed by atoms with E-state index in [-0.39, 0.29) is 27.9 Å². The third kappa shape index (κ3) is 4.95. The van der Waals surface area contributed by atoms with E-state index in [0.717, 1.165) is 14.9 Å². The summed E-state index contributed by atoms with van der Waals surface area (Å²) in [5.41, 5.74) is 1.40. The second-order valence-corrected chi connectivity index (χ2v) is 8.64. The Kier molecular flexibility index (Phi) is 6.83. The summed E-state index contributed by atoms with van der Waals surface area (Å²) >= 11 is 15.5. The molecule has 0 aromatic heterocycles. The first-order chi connectivity index (χ1) is 15.8. The van der Waals surface area contributed by atoms with Gasteiger partial charge in [0.05, 0.1) is 15.7 Å². The number of urea groups is 1. The molecule has 0 bridgehead atoms. The van der Waals surface area contributed by atoms with E-state index in [4.69, 9.17) is 27.9 Å². The fourth-order valence-electron chi connectivity index (χ4n) is 3.17. The SMILES string of the molecule is O=C1NC(=O)N(c2ccc(Cl)c(Cl)c2)C(=O)/C1=C/c1ccccc1OCc1ccccc1Br. The van der Waals surface area contributed by atoms with Crippen LogP contribution in [0.5, 0.6) is 5.75 Å². The lowest BCUT2D eigenvalue weighted by Gasteiger charge is -2.26. The zero-order chi connectivity index (χ0) is 23.5. The van der Waals surface area contributed by atoms with Crippen molar-refractivity contribution >= 4 is 68.7 Å². The van der Waals surface area contributed by atoms with Gasteiger partial charge in [-0.3, -0.25) is 14.9 Å². The fraction of sp³-hybridized carbons (Fsp3) is 0.0417. The first-order valence-corrected chi connectivity index (χ1v) is 11.2. The molecule has 1 heterocycles. The first kappa shape index (κ1) is 23.0. The third-order valence-corrected chi connectivity index (χ3v) is 6.34. The topological polar surface area (TPSA) is 75.7 Å². The molecule has 0 unspecified atom stereocenters. The number of benzene rings is 3. The van der Waals surface area contributed by atoms with E-state index in [1.54, 1.807) is 24.3 Å². The van der Waals surface area contributed by atoms with E-state index >= 15 is 0 Å². The highest BCUT2D eigenvalue weighted by Gasteiger charge is 2.37. The standard InChI is InChI=1S/C24H15BrCl2N2O4/c25-18-7-3-1-6-15(18)13-33-21-8-4-2-5-14(21)11-17-22(30)28-24(32)29(23(17)31)16-9-10-19(26)20(27)12-16/h1-12H,13H2,(H,28,30,32)/b17-11+. The van der Waals surface area contributed by atoms with E-state index in [2.05, 4.69) is 21.2 Å². The lowest BCUT2D eigenvalue weighted by molar-refractivity contribution is -0.122. The highest BCUT2D eigenvalue weighted by molar-refractivity contribution is 9.10. The second-order valence-electron chi connectivity index (χ2n) is 6.97. The average Bonchev–Trinajstić information content (AvgIpc) is 2.79. The molecule has 0 radical (unpaired) electrons. The Morgan fingerprint density at radius 2 is 1.67 bits per heavy atom. The molecule has 0 atom stereocenters. The lowest BCUT2D eigenvalue weighted by Crippen LogP contribution is -2.54. The molecule has 1 fully saturated rings. The number of anilines is 1. The van der Waals surface area contributed by atoms with Crippen LogP contribution in [0.1, 0.15) is 11.1 Å². The minimum Gasteiger partial charge on any atom is -0.488 e. The van der Waals surface area contributed by atoms with Crippen LogP contribution < -0.4 is 15.0 Å². The zero-order valence-electron chi connectivity index (χ0n) is 16.8. The van der Waals surface area contributed by atoms with Crippen molar-refractivity contribution in [3.05, 3.63) is 97.9 Å². The number of carbonyl (C=O) groups is 3. The number of hydrogen-bond donors (Lipinski definition) is 1. The number of barbiturate groups is 1. The van der Waals surface area contributed by atoms with Crippen LogP contribution in [0.4, 0.5) is 10.5 Å². The van der Waals surface area contributed by atoms with Gasteiger partial charge in [0.1, 0.15) is 17.9 Å². The molecule has 4 rings (SSSR count). The monoisotopic (exact) mass is 544 g/mol. The quantitative estimate of drug-likeness (QED) is 0.315. The van der Waals surface area contributed by atoms with E-state index in [0.29, 0.717) is 11.3 Å². The molecule has 3 aromatic carbocycles. The summed E-state index contributed by atoms with van der Waals surface area (Å²) in [4.78, 5) is 38.9. The molecule has 33 heavy (non-hydrogen) atoms. The molecular weight excluding hydrogens is 531 g/mol. The summed E-state index contributed by atoms with van der Waals surface area (Å²) in [6, 6.07) is 18.0. The molecule has 6 nitrogen and oxygen atoms in total. The summed E-state index contributed by atoms with van der Waals surface area (Å²) in [5, 5.41) is 2.62. The highest BCUT2D eigenvalue weighted by Crippen LogP contribution is 2.30. The smallest absolute Gasteiger partial charge is 0.335 e. The summed E-state index contributed by atoms with van der Waals surface area (Å²) < 4.78 is 6.85. The second kappa shape index (κ2) is 9.79. The van der Waals surface area contributed by atoms with Crippen molar-refractivity contribution in [2.75, 3.05) is 4.90 Å². The maximum Gasteiger partial charge on any atom is 0.335 e. The van der Waals surface area contributed by atoms with Gasteiger partial charge >= 0.3 is 6.03 Å².